The molecule has 2 heterocycles. The van der Waals surface area contributed by atoms with Crippen molar-refractivity contribution in [1.82, 2.24) is 24.7 Å². The van der Waals surface area contributed by atoms with E-state index in [0.717, 1.165) is 6.92 Å². The zero-order valence-electron chi connectivity index (χ0n) is 31.7. The zero-order chi connectivity index (χ0) is 40.9. The van der Waals surface area contributed by atoms with Crippen LogP contribution in [0.5, 0.6) is 17.5 Å². The molecule has 0 aliphatic rings. The third-order valence-corrected chi connectivity index (χ3v) is 7.39. The molecule has 55 heavy (non-hydrogen) atoms. The highest BCUT2D eigenvalue weighted by Crippen LogP contribution is 2.37. The molecule has 296 valence electrons. The number of benzene rings is 2. The van der Waals surface area contributed by atoms with E-state index in [2.05, 4.69) is 20.1 Å². The normalized spacial score (nSPS) is 11.7. The van der Waals surface area contributed by atoms with Crippen molar-refractivity contribution in [2.24, 2.45) is 16.6 Å². The van der Waals surface area contributed by atoms with Gasteiger partial charge in [-0.05, 0) is 43.4 Å². The van der Waals surface area contributed by atoms with Crippen molar-refractivity contribution in [3.63, 3.8) is 0 Å². The summed E-state index contributed by atoms with van der Waals surface area (Å²) in [4.78, 5) is 47.7. The number of rotatable bonds is 16. The van der Waals surface area contributed by atoms with E-state index in [0.29, 0.717) is 11.1 Å². The summed E-state index contributed by atoms with van der Waals surface area (Å²) < 4.78 is 44.7. The van der Waals surface area contributed by atoms with Crippen LogP contribution in [0.4, 0.5) is 4.39 Å². The smallest absolute Gasteiger partial charge is 0.325 e. The fraction of sp³-hybridized carbons (Fsp3) is 0.405. The maximum absolute atomic E-state index is 16.2. The Labute approximate surface area is 317 Å². The molecule has 4 aromatic rings. The molecular weight excluding hydrogens is 721 g/mol. The van der Waals surface area contributed by atoms with Gasteiger partial charge in [-0.3, -0.25) is 19.8 Å². The molecule has 17 nitrogen and oxygen atoms in total. The Kier molecular flexibility index (Phi) is 15.1. The summed E-state index contributed by atoms with van der Waals surface area (Å²) in [5.74, 6) is -4.03. The number of hydrogen-bond donors (Lipinski definition) is 4. The maximum Gasteiger partial charge on any atom is 0.325 e. The summed E-state index contributed by atoms with van der Waals surface area (Å²) in [6.45, 7) is 8.44. The Hall–Kier alpha value is -6.17. The Balaban J connectivity index is 0.00000193. The van der Waals surface area contributed by atoms with Gasteiger partial charge in [0.25, 0.3) is 11.9 Å². The lowest BCUT2D eigenvalue weighted by Crippen LogP contribution is -2.38. The number of aliphatic hydroxyl groups excluding tert-OH is 1. The van der Waals surface area contributed by atoms with Crippen molar-refractivity contribution in [3.05, 3.63) is 83.2 Å². The van der Waals surface area contributed by atoms with E-state index in [9.17, 15) is 14.7 Å². The van der Waals surface area contributed by atoms with E-state index in [1.54, 1.807) is 30.3 Å². The molecule has 18 heteroatoms. The van der Waals surface area contributed by atoms with Gasteiger partial charge in [-0.2, -0.15) is 4.98 Å². The van der Waals surface area contributed by atoms with Crippen molar-refractivity contribution in [2.75, 3.05) is 33.7 Å². The lowest BCUT2D eigenvalue weighted by atomic mass is 9.90. The summed E-state index contributed by atoms with van der Waals surface area (Å²) in [5, 5.41) is 29.1. The second-order valence-electron chi connectivity index (χ2n) is 13.7. The van der Waals surface area contributed by atoms with Crippen molar-refractivity contribution in [2.45, 2.75) is 53.9 Å². The number of nitrogens with two attached hydrogens (primary N) is 1. The van der Waals surface area contributed by atoms with Gasteiger partial charge < -0.3 is 39.6 Å². The van der Waals surface area contributed by atoms with Crippen LogP contribution in [0.3, 0.4) is 0 Å². The molecule has 0 saturated carbocycles. The minimum absolute atomic E-state index is 0.0475. The Morgan fingerprint density at radius 2 is 1.62 bits per heavy atom. The van der Waals surface area contributed by atoms with Crippen molar-refractivity contribution < 1.29 is 52.7 Å². The second-order valence-corrected chi connectivity index (χ2v) is 13.7. The summed E-state index contributed by atoms with van der Waals surface area (Å²) >= 11 is 0. The number of esters is 2. The van der Waals surface area contributed by atoms with Gasteiger partial charge in [0.15, 0.2) is 22.8 Å². The van der Waals surface area contributed by atoms with Crippen LogP contribution in [0.2, 0.25) is 0 Å². The number of halogens is 1. The third kappa shape index (κ3) is 12.4. The lowest BCUT2D eigenvalue weighted by Gasteiger charge is -2.24. The molecule has 0 fully saturated rings. The second kappa shape index (κ2) is 19.2. The average molecular weight is 768 g/mol. The van der Waals surface area contributed by atoms with Crippen molar-refractivity contribution >= 4 is 23.7 Å². The Bertz CT molecular complexity index is 1930. The predicted molar refractivity (Wildman–Crippen MR) is 195 cm³/mol. The van der Waals surface area contributed by atoms with Gasteiger partial charge in [0.2, 0.25) is 6.79 Å². The molecule has 1 atom stereocenters. The highest BCUT2D eigenvalue weighted by Gasteiger charge is 2.40. The van der Waals surface area contributed by atoms with Gasteiger partial charge in [0, 0.05) is 36.5 Å². The van der Waals surface area contributed by atoms with E-state index in [4.69, 9.17) is 44.7 Å². The molecule has 1 unspecified atom stereocenters. The number of aromatic nitrogens is 5. The zero-order valence-corrected chi connectivity index (χ0v) is 31.7. The van der Waals surface area contributed by atoms with Crippen LogP contribution in [-0.4, -0.2) is 92.4 Å². The van der Waals surface area contributed by atoms with Gasteiger partial charge in [-0.15, -0.1) is 9.78 Å². The molecule has 4 rings (SSSR count). The number of carbonyl (C=O) groups excluding carboxylic acids is 2. The fourth-order valence-electron chi connectivity index (χ4n) is 4.57. The first kappa shape index (κ1) is 43.2. The summed E-state index contributed by atoms with van der Waals surface area (Å²) in [5.41, 5.74) is 5.01. The number of carboxylic acids is 1. The summed E-state index contributed by atoms with van der Waals surface area (Å²) in [6, 6.07) is 11.1. The molecule has 0 aliphatic heterocycles. The number of carboxylic acid groups (broad SMARTS) is 1. The highest BCUT2D eigenvalue weighted by molar-refractivity contribution is 5.99. The van der Waals surface area contributed by atoms with Crippen LogP contribution in [0.15, 0.2) is 54.9 Å². The summed E-state index contributed by atoms with van der Waals surface area (Å²) in [6.07, 6.45) is 3.08. The molecule has 0 saturated heterocycles. The molecule has 2 aromatic carbocycles. The van der Waals surface area contributed by atoms with Gasteiger partial charge in [0.05, 0.1) is 26.2 Å². The average Bonchev–Trinajstić information content (AvgIpc) is 3.56. The molecular formula is C37H46FN7O10. The number of ether oxygens (including phenoxy) is 5. The molecule has 0 radical (unpaired) electrons. The lowest BCUT2D eigenvalue weighted by molar-refractivity contribution is -0.175. The van der Waals surface area contributed by atoms with E-state index in [1.807, 2.05) is 20.8 Å². The van der Waals surface area contributed by atoms with Crippen LogP contribution in [-0.2, 0) is 30.3 Å². The largest absolute Gasteiger partial charge is 0.497 e. The minimum Gasteiger partial charge on any atom is -0.497 e. The first-order chi connectivity index (χ1) is 25.9. The number of aliphatic carboxylic acids is 1. The van der Waals surface area contributed by atoms with Crippen LogP contribution in [0.1, 0.15) is 70.0 Å². The number of methoxy groups -OCH3 is 1. The van der Waals surface area contributed by atoms with E-state index >= 15 is 4.39 Å². The fourth-order valence-corrected chi connectivity index (χ4v) is 4.57. The monoisotopic (exact) mass is 767 g/mol. The van der Waals surface area contributed by atoms with Crippen molar-refractivity contribution in [1.29, 1.82) is 5.41 Å². The number of amidine groups is 1. The number of nitrogens with zero attached hydrogens (tertiary/aromatic N) is 5. The number of nitrogen functional groups attached to an aromatic ring is 1. The minimum atomic E-state index is -1.64. The first-order valence-corrected chi connectivity index (χ1v) is 16.8. The van der Waals surface area contributed by atoms with Gasteiger partial charge in [0.1, 0.15) is 18.2 Å². The Morgan fingerprint density at radius 1 is 1.00 bits per heavy atom. The van der Waals surface area contributed by atoms with Crippen LogP contribution < -0.4 is 19.9 Å². The maximum atomic E-state index is 16.2. The third-order valence-electron chi connectivity index (χ3n) is 7.39. The Morgan fingerprint density at radius 3 is 2.18 bits per heavy atom. The number of aliphatic hydroxyl groups is 1. The highest BCUT2D eigenvalue weighted by atomic mass is 19.1. The molecule has 0 spiro atoms. The van der Waals surface area contributed by atoms with E-state index in [1.165, 1.54) is 50.2 Å². The topological polar surface area (TPSA) is 244 Å². The SMILES string of the molecule is CC(=O)O.COc1cc(OCCO)c(F)c(C(Cc2ccc(C(=N)N)cc2)c2nc(OCOC(=O)C(C)(C)C(=O)OCC(C)(C)C)n(-c3ncccn3)n2)c1. The molecule has 0 amide bonds. The first-order valence-electron chi connectivity index (χ1n) is 16.8. The summed E-state index contributed by atoms with van der Waals surface area (Å²) in [7, 11) is 1.42. The molecule has 0 aliphatic carbocycles. The number of nitrogens with one attached hydrogen (secondary N) is 1. The standard InChI is InChI=1S/C35H42FN7O8.C2H4O2/c1-34(2,3)19-49-30(45)35(4,5)31(46)50-20-51-33-41-29(42-43(33)32-39-12-7-13-40-32)25(16-21-8-10-22(11-9-21)28(37)38)24-17-23(47-6)18-26(27(24)36)48-15-14-44;1-2(3)4/h7-13,17-18,25,44H,14-16,19-20H2,1-6H3,(H3,37,38);1H3,(H,3,4). The van der Waals surface area contributed by atoms with Gasteiger partial charge >= 0.3 is 17.9 Å². The van der Waals surface area contributed by atoms with Crippen LogP contribution >= 0.6 is 0 Å². The quantitative estimate of drug-likeness (QED) is 0.0416. The predicted octanol–water partition coefficient (Wildman–Crippen LogP) is 3.82. The van der Waals surface area contributed by atoms with E-state index < -0.39 is 41.9 Å². The molecule has 0 bridgehead atoms. The molecule has 2 aromatic heterocycles. The van der Waals surface area contributed by atoms with Crippen molar-refractivity contribution in [3.8, 4) is 23.5 Å². The van der Waals surface area contributed by atoms with E-state index in [-0.39, 0.29) is 72.3 Å². The van der Waals surface area contributed by atoms with Gasteiger partial charge in [-0.1, -0.05) is 45.0 Å². The van der Waals surface area contributed by atoms with Crippen LogP contribution in [0, 0.1) is 22.1 Å². The molecule has 5 N–H and O–H groups in total. The van der Waals surface area contributed by atoms with Gasteiger partial charge in [-0.25, -0.2) is 14.4 Å². The number of carbonyl (C=O) groups is 3. The number of hydrogen-bond acceptors (Lipinski definition) is 14. The van der Waals surface area contributed by atoms with Crippen LogP contribution in [0.25, 0.3) is 5.95 Å².